The average molecular weight is 86.2 g/mol. The molecule has 0 aliphatic rings. The molecule has 0 rings (SSSR count). The number of hydrogen-bond donors (Lipinski definition) is 0. The Labute approximate surface area is 37.5 Å². The summed E-state index contributed by atoms with van der Waals surface area (Å²) in [6.45, 7) is 1.93. The van der Waals surface area contributed by atoms with Gasteiger partial charge in [-0.3, -0.25) is 0 Å². The molecule has 0 aliphatic carbocycles. The summed E-state index contributed by atoms with van der Waals surface area (Å²) in [6.07, 6.45) is 3.71. The van der Waals surface area contributed by atoms with Crippen LogP contribution in [0, 0.1) is 0 Å². The topological polar surface area (TPSA) is 0 Å². The first kappa shape index (κ1) is 4.83. The van der Waals surface area contributed by atoms with Crippen molar-refractivity contribution in [3.05, 3.63) is 12.2 Å². The maximum atomic E-state index is 4.44. The minimum absolute atomic E-state index is 1.58. The van der Waals surface area contributed by atoms with Gasteiger partial charge in [-0.15, -0.1) is 0 Å². The summed E-state index contributed by atoms with van der Waals surface area (Å²) in [5.41, 5.74) is 0. The van der Waals surface area contributed by atoms with Crippen LogP contribution in [0.4, 0.5) is 0 Å². The summed E-state index contributed by atoms with van der Waals surface area (Å²) < 4.78 is 0. The van der Waals surface area contributed by atoms with Crippen molar-refractivity contribution >= 4 is 17.6 Å². The van der Waals surface area contributed by atoms with Gasteiger partial charge in [0.1, 0.15) is 0 Å². The van der Waals surface area contributed by atoms with Gasteiger partial charge >= 0.3 is 0 Å². The van der Waals surface area contributed by atoms with Crippen molar-refractivity contribution in [3.8, 4) is 0 Å². The molecule has 0 saturated heterocycles. The van der Waals surface area contributed by atoms with Crippen molar-refractivity contribution in [2.45, 2.75) is 6.92 Å². The summed E-state index contributed by atoms with van der Waals surface area (Å²) in [5, 5.41) is 1.58. The molecule has 0 N–H and O–H groups in total. The van der Waals surface area contributed by atoms with Crippen LogP contribution in [0.5, 0.6) is 0 Å². The molecule has 0 spiro atoms. The van der Waals surface area contributed by atoms with Crippen LogP contribution in [-0.2, 0) is 0 Å². The maximum Gasteiger partial charge on any atom is 0.00102 e. The minimum atomic E-state index is 1.58. The molecule has 1 heteroatoms. The Morgan fingerprint density at radius 1 is 1.60 bits per heavy atom. The smallest absolute Gasteiger partial charge is 0.00102 e. The zero-order valence-electron chi connectivity index (χ0n) is 3.14. The van der Waals surface area contributed by atoms with Crippen molar-refractivity contribution in [1.29, 1.82) is 0 Å². The van der Waals surface area contributed by atoms with Crippen LogP contribution < -0.4 is 0 Å². The van der Waals surface area contributed by atoms with Crippen molar-refractivity contribution in [2.24, 2.45) is 0 Å². The van der Waals surface area contributed by atoms with Crippen LogP contribution in [0.25, 0.3) is 0 Å². The summed E-state index contributed by atoms with van der Waals surface area (Å²) in [5.74, 6) is 0. The fourth-order valence-electron chi connectivity index (χ4n) is 0.0786. The SMILES string of the molecule is C/C=C\C=S. The highest BCUT2D eigenvalue weighted by atomic mass is 32.1. The molecule has 0 bridgehead atoms. The molecule has 0 aromatic rings. The Morgan fingerprint density at radius 2 is 2.20 bits per heavy atom. The van der Waals surface area contributed by atoms with Gasteiger partial charge in [0.15, 0.2) is 0 Å². The first-order valence-corrected chi connectivity index (χ1v) is 1.95. The molecule has 0 nitrogen and oxygen atoms in total. The van der Waals surface area contributed by atoms with Crippen LogP contribution in [0.1, 0.15) is 6.92 Å². The van der Waals surface area contributed by atoms with E-state index in [0.717, 1.165) is 0 Å². The second-order valence-corrected chi connectivity index (χ2v) is 0.934. The predicted octanol–water partition coefficient (Wildman–Crippen LogP) is 1.56. The van der Waals surface area contributed by atoms with Crippen molar-refractivity contribution in [1.82, 2.24) is 0 Å². The zero-order chi connectivity index (χ0) is 4.12. The van der Waals surface area contributed by atoms with Crippen molar-refractivity contribution < 1.29 is 0 Å². The molecule has 5 heavy (non-hydrogen) atoms. The number of hydrogen-bond acceptors (Lipinski definition) is 1. The Hall–Kier alpha value is -0.170. The van der Waals surface area contributed by atoms with E-state index in [2.05, 4.69) is 12.2 Å². The van der Waals surface area contributed by atoms with Gasteiger partial charge < -0.3 is 0 Å². The highest BCUT2D eigenvalue weighted by Crippen LogP contribution is 1.59. The summed E-state index contributed by atoms with van der Waals surface area (Å²) in [4.78, 5) is 0. The van der Waals surface area contributed by atoms with E-state index in [4.69, 9.17) is 0 Å². The molecular formula is C4H6S. The molecule has 0 fully saturated rings. The third-order valence-corrected chi connectivity index (χ3v) is 0.428. The molecule has 0 aromatic carbocycles. The van der Waals surface area contributed by atoms with Crippen LogP contribution in [0.2, 0.25) is 0 Å². The van der Waals surface area contributed by atoms with Gasteiger partial charge in [-0.2, -0.15) is 0 Å². The largest absolute Gasteiger partial charge is 0.0887 e. The van der Waals surface area contributed by atoms with E-state index >= 15 is 0 Å². The number of allylic oxidation sites excluding steroid dienone is 2. The highest BCUT2D eigenvalue weighted by Gasteiger charge is 1.44. The lowest BCUT2D eigenvalue weighted by Gasteiger charge is -1.54. The third kappa shape index (κ3) is 3.83. The lowest BCUT2D eigenvalue weighted by atomic mass is 10.6. The third-order valence-electron chi connectivity index (χ3n) is 0.271. The fraction of sp³-hybridized carbons (Fsp3) is 0.250. The standard InChI is InChI=1S/C4H6S/c1-2-3-4-5/h2-4H,1H3/b3-2-. The minimum Gasteiger partial charge on any atom is -0.0887 e. The maximum absolute atomic E-state index is 4.44. The van der Waals surface area contributed by atoms with Crippen molar-refractivity contribution in [2.75, 3.05) is 0 Å². The average Bonchev–Trinajstić information content (AvgIpc) is 1.41. The van der Waals surface area contributed by atoms with E-state index in [1.165, 1.54) is 0 Å². The molecule has 0 unspecified atom stereocenters. The van der Waals surface area contributed by atoms with E-state index < -0.39 is 0 Å². The van der Waals surface area contributed by atoms with Crippen LogP contribution in [0.3, 0.4) is 0 Å². The molecule has 0 saturated carbocycles. The van der Waals surface area contributed by atoms with E-state index in [-0.39, 0.29) is 0 Å². The molecule has 0 amide bonds. The first-order valence-electron chi connectivity index (χ1n) is 1.48. The lowest BCUT2D eigenvalue weighted by molar-refractivity contribution is 1.78. The van der Waals surface area contributed by atoms with Crippen LogP contribution in [-0.4, -0.2) is 5.37 Å². The molecule has 0 aliphatic heterocycles. The number of thiocarbonyl (C=S) groups is 1. The summed E-state index contributed by atoms with van der Waals surface area (Å²) >= 11 is 4.44. The molecule has 0 aromatic heterocycles. The van der Waals surface area contributed by atoms with Crippen LogP contribution >= 0.6 is 12.2 Å². The number of rotatable bonds is 1. The zero-order valence-corrected chi connectivity index (χ0v) is 3.96. The van der Waals surface area contributed by atoms with Gasteiger partial charge in [0.05, 0.1) is 0 Å². The molecule has 28 valence electrons. The van der Waals surface area contributed by atoms with Gasteiger partial charge in [-0.05, 0) is 6.92 Å². The molecule has 0 radical (unpaired) electrons. The second-order valence-electron chi connectivity index (χ2n) is 0.662. The molecule has 0 atom stereocenters. The van der Waals surface area contributed by atoms with Gasteiger partial charge in [-0.25, -0.2) is 0 Å². The monoisotopic (exact) mass is 86.0 g/mol. The molecular weight excluding hydrogens is 80.1 g/mol. The quantitative estimate of drug-likeness (QED) is 0.345. The van der Waals surface area contributed by atoms with Gasteiger partial charge in [0, 0.05) is 5.37 Å². The Kier molecular flexibility index (Phi) is 3.70. The Balaban J connectivity index is 2.92. The van der Waals surface area contributed by atoms with Crippen molar-refractivity contribution in [3.63, 3.8) is 0 Å². The van der Waals surface area contributed by atoms with Crippen LogP contribution in [0.15, 0.2) is 12.2 Å². The fourth-order valence-corrected chi connectivity index (χ4v) is 0.236. The summed E-state index contributed by atoms with van der Waals surface area (Å²) in [7, 11) is 0. The van der Waals surface area contributed by atoms with E-state index in [1.807, 2.05) is 19.1 Å². The normalized spacial score (nSPS) is 9.00. The van der Waals surface area contributed by atoms with E-state index in [1.54, 1.807) is 5.37 Å². The lowest BCUT2D eigenvalue weighted by Crippen LogP contribution is -1.44. The van der Waals surface area contributed by atoms with E-state index in [0.29, 0.717) is 0 Å². The summed E-state index contributed by atoms with van der Waals surface area (Å²) in [6, 6.07) is 0. The Bertz CT molecular complexity index is 45.6. The van der Waals surface area contributed by atoms with E-state index in [9.17, 15) is 0 Å². The second kappa shape index (κ2) is 3.83. The van der Waals surface area contributed by atoms with Gasteiger partial charge in [-0.1, -0.05) is 24.4 Å². The molecule has 0 heterocycles. The Morgan fingerprint density at radius 3 is 2.20 bits per heavy atom. The van der Waals surface area contributed by atoms with Gasteiger partial charge in [0.2, 0.25) is 0 Å². The predicted molar refractivity (Wildman–Crippen MR) is 28.5 cm³/mol. The first-order chi connectivity index (χ1) is 2.41. The highest BCUT2D eigenvalue weighted by molar-refractivity contribution is 7.79. The van der Waals surface area contributed by atoms with Gasteiger partial charge in [0.25, 0.3) is 0 Å².